The number of anilines is 1. The average molecular weight is 419 g/mol. The summed E-state index contributed by atoms with van der Waals surface area (Å²) in [5, 5.41) is 2.95. The standard InChI is InChI=1S/C26H30N2O3/c1-4-28(5-2)17-18-31-25-19-23(15-16-24(25)30-3)27-26(29)22-13-11-21(12-14-22)20-9-7-6-8-10-20/h6-16,19H,4-5,17-18H2,1-3H3,(H,27,29). The van der Waals surface area contributed by atoms with E-state index in [1.54, 1.807) is 19.2 Å². The molecule has 31 heavy (non-hydrogen) atoms. The van der Waals surface area contributed by atoms with Crippen LogP contribution in [0.5, 0.6) is 11.5 Å². The lowest BCUT2D eigenvalue weighted by Gasteiger charge is -2.19. The Kier molecular flexibility index (Phi) is 8.07. The lowest BCUT2D eigenvalue weighted by Crippen LogP contribution is -2.28. The van der Waals surface area contributed by atoms with Gasteiger partial charge in [-0.2, -0.15) is 0 Å². The molecule has 1 N–H and O–H groups in total. The first-order valence-corrected chi connectivity index (χ1v) is 10.6. The number of likely N-dealkylation sites (N-methyl/N-ethyl adjacent to an activating group) is 1. The van der Waals surface area contributed by atoms with Crippen LogP contribution in [0.1, 0.15) is 24.2 Å². The molecule has 5 heteroatoms. The number of carbonyl (C=O) groups excluding carboxylic acids is 1. The van der Waals surface area contributed by atoms with Crippen molar-refractivity contribution >= 4 is 11.6 Å². The summed E-state index contributed by atoms with van der Waals surface area (Å²) in [4.78, 5) is 15.0. The van der Waals surface area contributed by atoms with Crippen molar-refractivity contribution in [2.75, 3.05) is 38.7 Å². The van der Waals surface area contributed by atoms with Gasteiger partial charge in [0, 0.05) is 23.9 Å². The van der Waals surface area contributed by atoms with Gasteiger partial charge < -0.3 is 19.7 Å². The Morgan fingerprint density at radius 2 is 1.55 bits per heavy atom. The van der Waals surface area contributed by atoms with Crippen molar-refractivity contribution in [3.05, 3.63) is 78.4 Å². The van der Waals surface area contributed by atoms with Crippen molar-refractivity contribution in [1.82, 2.24) is 4.90 Å². The van der Waals surface area contributed by atoms with Crippen LogP contribution in [-0.4, -0.2) is 44.2 Å². The fourth-order valence-corrected chi connectivity index (χ4v) is 3.34. The molecule has 3 aromatic rings. The van der Waals surface area contributed by atoms with Crippen molar-refractivity contribution in [2.45, 2.75) is 13.8 Å². The smallest absolute Gasteiger partial charge is 0.255 e. The molecule has 0 bridgehead atoms. The molecule has 5 nitrogen and oxygen atoms in total. The molecule has 0 aromatic heterocycles. The minimum absolute atomic E-state index is 0.168. The third-order valence-electron chi connectivity index (χ3n) is 5.24. The van der Waals surface area contributed by atoms with E-state index < -0.39 is 0 Å². The van der Waals surface area contributed by atoms with Crippen molar-refractivity contribution < 1.29 is 14.3 Å². The number of amides is 1. The van der Waals surface area contributed by atoms with Crippen LogP contribution in [0.25, 0.3) is 11.1 Å². The number of nitrogens with one attached hydrogen (secondary N) is 1. The molecule has 0 saturated heterocycles. The van der Waals surface area contributed by atoms with Gasteiger partial charge in [-0.05, 0) is 48.5 Å². The first-order chi connectivity index (χ1) is 15.1. The summed E-state index contributed by atoms with van der Waals surface area (Å²) >= 11 is 0. The third kappa shape index (κ3) is 6.09. The summed E-state index contributed by atoms with van der Waals surface area (Å²) in [6, 6.07) is 23.1. The van der Waals surface area contributed by atoms with Crippen LogP contribution in [0.2, 0.25) is 0 Å². The lowest BCUT2D eigenvalue weighted by atomic mass is 10.0. The number of carbonyl (C=O) groups is 1. The van der Waals surface area contributed by atoms with Crippen LogP contribution in [0, 0.1) is 0 Å². The van der Waals surface area contributed by atoms with Gasteiger partial charge in [0.25, 0.3) is 5.91 Å². The van der Waals surface area contributed by atoms with E-state index in [2.05, 4.69) is 24.1 Å². The van der Waals surface area contributed by atoms with Crippen LogP contribution in [-0.2, 0) is 0 Å². The maximum absolute atomic E-state index is 12.7. The second-order valence-electron chi connectivity index (χ2n) is 7.14. The van der Waals surface area contributed by atoms with Crippen LogP contribution >= 0.6 is 0 Å². The summed E-state index contributed by atoms with van der Waals surface area (Å²) < 4.78 is 11.3. The van der Waals surface area contributed by atoms with Gasteiger partial charge in [-0.3, -0.25) is 4.79 Å². The minimum Gasteiger partial charge on any atom is -0.493 e. The first kappa shape index (κ1) is 22.4. The summed E-state index contributed by atoms with van der Waals surface area (Å²) in [7, 11) is 1.61. The molecule has 1 amide bonds. The number of methoxy groups -OCH3 is 1. The van der Waals surface area contributed by atoms with E-state index in [1.807, 2.05) is 60.7 Å². The molecular formula is C26H30N2O3. The van der Waals surface area contributed by atoms with Gasteiger partial charge in [-0.15, -0.1) is 0 Å². The summed E-state index contributed by atoms with van der Waals surface area (Å²) in [6.07, 6.45) is 0. The van der Waals surface area contributed by atoms with Gasteiger partial charge in [0.2, 0.25) is 0 Å². The van der Waals surface area contributed by atoms with Crippen molar-refractivity contribution in [1.29, 1.82) is 0 Å². The molecule has 3 rings (SSSR count). The van der Waals surface area contributed by atoms with Crippen molar-refractivity contribution in [3.63, 3.8) is 0 Å². The molecule has 3 aromatic carbocycles. The number of ether oxygens (including phenoxy) is 2. The summed E-state index contributed by atoms with van der Waals surface area (Å²) in [6.45, 7) is 7.61. The quantitative estimate of drug-likeness (QED) is 0.483. The van der Waals surface area contributed by atoms with E-state index in [0.717, 1.165) is 30.8 Å². The normalized spacial score (nSPS) is 10.7. The predicted molar refractivity (Wildman–Crippen MR) is 126 cm³/mol. The Balaban J connectivity index is 1.66. The highest BCUT2D eigenvalue weighted by atomic mass is 16.5. The minimum atomic E-state index is -0.168. The summed E-state index contributed by atoms with van der Waals surface area (Å²) in [5.74, 6) is 1.09. The highest BCUT2D eigenvalue weighted by Crippen LogP contribution is 2.30. The highest BCUT2D eigenvalue weighted by molar-refractivity contribution is 6.04. The highest BCUT2D eigenvalue weighted by Gasteiger charge is 2.11. The molecule has 0 heterocycles. The van der Waals surface area contributed by atoms with Crippen LogP contribution in [0.4, 0.5) is 5.69 Å². The van der Waals surface area contributed by atoms with Gasteiger partial charge in [0.1, 0.15) is 6.61 Å². The SMILES string of the molecule is CCN(CC)CCOc1cc(NC(=O)c2ccc(-c3ccccc3)cc2)ccc1OC. The zero-order valence-electron chi connectivity index (χ0n) is 18.4. The number of benzene rings is 3. The molecule has 0 fully saturated rings. The molecule has 0 aliphatic heterocycles. The second-order valence-corrected chi connectivity index (χ2v) is 7.14. The van der Waals surface area contributed by atoms with E-state index in [1.165, 1.54) is 0 Å². The molecule has 162 valence electrons. The number of hydrogen-bond acceptors (Lipinski definition) is 4. The number of hydrogen-bond donors (Lipinski definition) is 1. The fourth-order valence-electron chi connectivity index (χ4n) is 3.34. The third-order valence-corrected chi connectivity index (χ3v) is 5.24. The van der Waals surface area contributed by atoms with Gasteiger partial charge in [-0.1, -0.05) is 56.3 Å². The molecule has 0 aliphatic rings. The molecular weight excluding hydrogens is 388 g/mol. The van der Waals surface area contributed by atoms with Crippen molar-refractivity contribution in [2.24, 2.45) is 0 Å². The van der Waals surface area contributed by atoms with Crippen LogP contribution in [0.3, 0.4) is 0 Å². The molecule has 0 radical (unpaired) electrons. The monoisotopic (exact) mass is 418 g/mol. The summed E-state index contributed by atoms with van der Waals surface area (Å²) in [5.41, 5.74) is 3.46. The number of nitrogens with zero attached hydrogens (tertiary/aromatic N) is 1. The van der Waals surface area contributed by atoms with Gasteiger partial charge in [0.05, 0.1) is 7.11 Å². The molecule has 0 spiro atoms. The predicted octanol–water partition coefficient (Wildman–Crippen LogP) is 5.34. The van der Waals surface area contributed by atoms with E-state index in [-0.39, 0.29) is 5.91 Å². The van der Waals surface area contributed by atoms with Gasteiger partial charge >= 0.3 is 0 Å². The first-order valence-electron chi connectivity index (χ1n) is 10.6. The van der Waals surface area contributed by atoms with Gasteiger partial charge in [-0.25, -0.2) is 0 Å². The topological polar surface area (TPSA) is 50.8 Å². The Morgan fingerprint density at radius 1 is 0.871 bits per heavy atom. The molecule has 0 atom stereocenters. The lowest BCUT2D eigenvalue weighted by molar-refractivity contribution is 0.102. The largest absolute Gasteiger partial charge is 0.493 e. The zero-order valence-corrected chi connectivity index (χ0v) is 18.4. The zero-order chi connectivity index (χ0) is 22.1. The van der Waals surface area contributed by atoms with Crippen LogP contribution < -0.4 is 14.8 Å². The van der Waals surface area contributed by atoms with E-state index in [0.29, 0.717) is 29.4 Å². The molecule has 0 aliphatic carbocycles. The maximum Gasteiger partial charge on any atom is 0.255 e. The Hall–Kier alpha value is -3.31. The molecule has 0 saturated carbocycles. The van der Waals surface area contributed by atoms with Gasteiger partial charge in [0.15, 0.2) is 11.5 Å². The molecule has 0 unspecified atom stereocenters. The van der Waals surface area contributed by atoms with Crippen molar-refractivity contribution in [3.8, 4) is 22.6 Å². The average Bonchev–Trinajstić information content (AvgIpc) is 2.82. The maximum atomic E-state index is 12.7. The Morgan fingerprint density at radius 3 is 2.19 bits per heavy atom. The number of rotatable bonds is 10. The Bertz CT molecular complexity index is 968. The van der Waals surface area contributed by atoms with E-state index in [9.17, 15) is 4.79 Å². The Labute approximate surface area is 184 Å². The van der Waals surface area contributed by atoms with Crippen LogP contribution in [0.15, 0.2) is 72.8 Å². The second kappa shape index (κ2) is 11.2. The fraction of sp³-hybridized carbons (Fsp3) is 0.269. The van der Waals surface area contributed by atoms with E-state index >= 15 is 0 Å². The van der Waals surface area contributed by atoms with E-state index in [4.69, 9.17) is 9.47 Å².